The van der Waals surface area contributed by atoms with Gasteiger partial charge in [-0.2, -0.15) is 5.10 Å². The monoisotopic (exact) mass is 356 g/mol. The second-order valence-corrected chi connectivity index (χ2v) is 6.76. The van der Waals surface area contributed by atoms with Gasteiger partial charge in [-0.3, -0.25) is 20.1 Å². The molecule has 1 heterocycles. The third-order valence-corrected chi connectivity index (χ3v) is 4.54. The number of halogens is 1. The molecular formula is C18H17ClN4O2. The van der Waals surface area contributed by atoms with Gasteiger partial charge in [0.1, 0.15) is 0 Å². The zero-order valence-corrected chi connectivity index (χ0v) is 14.9. The van der Waals surface area contributed by atoms with Crippen LogP contribution in [0.15, 0.2) is 52.6 Å². The minimum absolute atomic E-state index is 0.0507. The fourth-order valence-corrected chi connectivity index (χ4v) is 2.87. The Bertz CT molecular complexity index is 888. The summed E-state index contributed by atoms with van der Waals surface area (Å²) in [6, 6.07) is 11.9. The molecule has 1 aliphatic rings. The van der Waals surface area contributed by atoms with E-state index in [1.807, 2.05) is 18.2 Å². The van der Waals surface area contributed by atoms with E-state index in [0.29, 0.717) is 5.02 Å². The molecule has 0 bridgehead atoms. The van der Waals surface area contributed by atoms with Crippen molar-refractivity contribution in [3.8, 4) is 0 Å². The summed E-state index contributed by atoms with van der Waals surface area (Å²) in [6.45, 7) is 4.15. The highest BCUT2D eigenvalue weighted by atomic mass is 35.5. The molecule has 0 amide bonds. The zero-order valence-electron chi connectivity index (χ0n) is 14.1. The largest absolute Gasteiger partial charge is 0.269 e. The number of nitrogens with zero attached hydrogens (tertiary/aromatic N) is 4. The van der Waals surface area contributed by atoms with Crippen LogP contribution in [0.25, 0.3) is 0 Å². The van der Waals surface area contributed by atoms with Crippen molar-refractivity contribution in [1.82, 2.24) is 0 Å². The molecule has 0 unspecified atom stereocenters. The van der Waals surface area contributed by atoms with Crippen molar-refractivity contribution in [3.63, 3.8) is 0 Å². The fourth-order valence-electron chi connectivity index (χ4n) is 2.70. The lowest BCUT2D eigenvalue weighted by Crippen LogP contribution is -2.27. The number of hydrazone groups is 1. The number of hydrogen-bond acceptors (Lipinski definition) is 5. The zero-order chi connectivity index (χ0) is 18.2. The Kier molecular flexibility index (Phi) is 4.30. The van der Waals surface area contributed by atoms with Gasteiger partial charge in [0.05, 0.1) is 28.2 Å². The number of anilines is 1. The van der Waals surface area contributed by atoms with E-state index < -0.39 is 4.92 Å². The van der Waals surface area contributed by atoms with Gasteiger partial charge in [0, 0.05) is 29.6 Å². The summed E-state index contributed by atoms with van der Waals surface area (Å²) < 4.78 is 0. The summed E-state index contributed by atoms with van der Waals surface area (Å²) in [5.74, 6) is 0. The van der Waals surface area contributed by atoms with Gasteiger partial charge in [-0.05, 0) is 35.9 Å². The first kappa shape index (κ1) is 17.1. The number of rotatable bonds is 4. The van der Waals surface area contributed by atoms with Crippen molar-refractivity contribution in [2.24, 2.45) is 10.1 Å². The van der Waals surface area contributed by atoms with Crippen molar-refractivity contribution in [2.45, 2.75) is 19.3 Å². The van der Waals surface area contributed by atoms with Crippen molar-refractivity contribution in [2.75, 3.05) is 12.1 Å². The number of benzene rings is 2. The van der Waals surface area contributed by atoms with Gasteiger partial charge >= 0.3 is 0 Å². The molecule has 3 rings (SSSR count). The third kappa shape index (κ3) is 3.25. The topological polar surface area (TPSA) is 71.1 Å². The Morgan fingerprint density at radius 2 is 1.92 bits per heavy atom. The maximum atomic E-state index is 10.7. The molecule has 0 atom stereocenters. The number of nitro groups is 1. The van der Waals surface area contributed by atoms with Crippen LogP contribution in [0, 0.1) is 10.1 Å². The van der Waals surface area contributed by atoms with E-state index in [1.165, 1.54) is 12.1 Å². The molecule has 0 aromatic heterocycles. The van der Waals surface area contributed by atoms with Gasteiger partial charge in [-0.1, -0.05) is 25.4 Å². The molecule has 7 heteroatoms. The van der Waals surface area contributed by atoms with Crippen LogP contribution in [-0.2, 0) is 5.41 Å². The molecule has 0 aliphatic carbocycles. The average Bonchev–Trinajstić information content (AvgIpc) is 2.83. The van der Waals surface area contributed by atoms with Gasteiger partial charge in [-0.15, -0.1) is 0 Å². The molecule has 25 heavy (non-hydrogen) atoms. The molecule has 128 valence electrons. The number of aliphatic imine (C=N–C) groups is 1. The molecule has 0 saturated carbocycles. The SMILES string of the molecule is CN(N=CC1=Nc2ccc(Cl)cc2C1(C)C)c1ccc([N+](=O)[O-])cc1. The molecule has 2 aromatic carbocycles. The number of hydrogen-bond donors (Lipinski definition) is 0. The van der Waals surface area contributed by atoms with Gasteiger partial charge in [-0.25, -0.2) is 0 Å². The standard InChI is InChI=1S/C18H17ClN4O2/c1-18(2)15-10-12(19)4-9-16(15)21-17(18)11-20-22(3)13-5-7-14(8-6-13)23(24)25/h4-11H,1-3H3. The number of non-ortho nitro benzene ring substituents is 1. The van der Waals surface area contributed by atoms with Crippen LogP contribution in [-0.4, -0.2) is 23.9 Å². The first-order valence-electron chi connectivity index (χ1n) is 7.70. The first-order valence-corrected chi connectivity index (χ1v) is 8.08. The van der Waals surface area contributed by atoms with Crippen LogP contribution in [0.4, 0.5) is 17.1 Å². The lowest BCUT2D eigenvalue weighted by atomic mass is 9.82. The lowest BCUT2D eigenvalue weighted by molar-refractivity contribution is -0.384. The average molecular weight is 357 g/mol. The molecule has 0 radical (unpaired) electrons. The summed E-state index contributed by atoms with van der Waals surface area (Å²) in [6.07, 6.45) is 1.72. The Labute approximate surface area is 150 Å². The van der Waals surface area contributed by atoms with Crippen molar-refractivity contribution >= 4 is 40.6 Å². The van der Waals surface area contributed by atoms with E-state index in [-0.39, 0.29) is 11.1 Å². The van der Waals surface area contributed by atoms with Crippen LogP contribution in [0.2, 0.25) is 5.02 Å². The summed E-state index contributed by atoms with van der Waals surface area (Å²) >= 11 is 6.10. The highest BCUT2D eigenvalue weighted by molar-refractivity contribution is 6.37. The fraction of sp³-hybridized carbons (Fsp3) is 0.222. The van der Waals surface area contributed by atoms with E-state index >= 15 is 0 Å². The smallest absolute Gasteiger partial charge is 0.269 e. The van der Waals surface area contributed by atoms with Crippen molar-refractivity contribution in [3.05, 3.63) is 63.2 Å². The van der Waals surface area contributed by atoms with E-state index in [1.54, 1.807) is 30.4 Å². The highest BCUT2D eigenvalue weighted by Crippen LogP contribution is 2.40. The lowest BCUT2D eigenvalue weighted by Gasteiger charge is -2.20. The summed E-state index contributed by atoms with van der Waals surface area (Å²) in [4.78, 5) is 14.9. The van der Waals surface area contributed by atoms with Crippen LogP contribution in [0.5, 0.6) is 0 Å². The van der Waals surface area contributed by atoms with Crippen LogP contribution < -0.4 is 5.01 Å². The third-order valence-electron chi connectivity index (χ3n) is 4.30. The molecule has 0 spiro atoms. The predicted octanol–water partition coefficient (Wildman–Crippen LogP) is 4.73. The van der Waals surface area contributed by atoms with E-state index in [0.717, 1.165) is 22.6 Å². The molecule has 2 aromatic rings. The normalized spacial score (nSPS) is 15.1. The maximum absolute atomic E-state index is 10.7. The van der Waals surface area contributed by atoms with Crippen LogP contribution >= 0.6 is 11.6 Å². The molecule has 0 N–H and O–H groups in total. The minimum atomic E-state index is -0.425. The molecule has 1 aliphatic heterocycles. The van der Waals surface area contributed by atoms with Crippen LogP contribution in [0.1, 0.15) is 19.4 Å². The second kappa shape index (κ2) is 6.29. The summed E-state index contributed by atoms with van der Waals surface area (Å²) in [5.41, 5.74) is 3.31. The minimum Gasteiger partial charge on any atom is -0.269 e. The Morgan fingerprint density at radius 1 is 1.24 bits per heavy atom. The summed E-state index contributed by atoms with van der Waals surface area (Å²) in [7, 11) is 1.78. The highest BCUT2D eigenvalue weighted by Gasteiger charge is 2.34. The van der Waals surface area contributed by atoms with E-state index in [4.69, 9.17) is 11.6 Å². The number of fused-ring (bicyclic) bond motifs is 1. The number of nitro benzene ring substituents is 1. The van der Waals surface area contributed by atoms with Crippen LogP contribution in [0.3, 0.4) is 0 Å². The Hall–Kier alpha value is -2.73. The van der Waals surface area contributed by atoms with E-state index in [2.05, 4.69) is 23.9 Å². The van der Waals surface area contributed by atoms with Gasteiger partial charge in [0.15, 0.2) is 0 Å². The van der Waals surface area contributed by atoms with Crippen molar-refractivity contribution in [1.29, 1.82) is 0 Å². The van der Waals surface area contributed by atoms with Gasteiger partial charge < -0.3 is 0 Å². The van der Waals surface area contributed by atoms with Gasteiger partial charge in [0.2, 0.25) is 0 Å². The Balaban J connectivity index is 1.81. The predicted molar refractivity (Wildman–Crippen MR) is 102 cm³/mol. The van der Waals surface area contributed by atoms with Gasteiger partial charge in [0.25, 0.3) is 5.69 Å². The quantitative estimate of drug-likeness (QED) is 0.451. The van der Waals surface area contributed by atoms with E-state index in [9.17, 15) is 10.1 Å². The first-order chi connectivity index (χ1) is 11.8. The summed E-state index contributed by atoms with van der Waals surface area (Å²) in [5, 5.41) is 17.5. The molecule has 0 saturated heterocycles. The second-order valence-electron chi connectivity index (χ2n) is 6.33. The molecule has 0 fully saturated rings. The Morgan fingerprint density at radius 3 is 2.56 bits per heavy atom. The maximum Gasteiger partial charge on any atom is 0.269 e. The molecular weight excluding hydrogens is 340 g/mol. The molecule has 6 nitrogen and oxygen atoms in total. The van der Waals surface area contributed by atoms with Crippen molar-refractivity contribution < 1.29 is 4.92 Å².